The number of piperidine rings is 1. The average molecular weight is 318 g/mol. The Morgan fingerprint density at radius 2 is 2.39 bits per heavy atom. The van der Waals surface area contributed by atoms with E-state index in [1.165, 1.54) is 0 Å². The summed E-state index contributed by atoms with van der Waals surface area (Å²) in [5.74, 6) is 1.45. The first kappa shape index (κ1) is 15.7. The number of nitrogens with two attached hydrogens (primary N) is 1. The molecule has 2 aromatic heterocycles. The van der Waals surface area contributed by atoms with Gasteiger partial charge in [0.25, 0.3) is 5.91 Å². The van der Waals surface area contributed by atoms with Crippen LogP contribution in [0.4, 0.5) is 0 Å². The smallest absolute Gasteiger partial charge is 0.269 e. The Labute approximate surface area is 134 Å². The summed E-state index contributed by atoms with van der Waals surface area (Å²) < 4.78 is 5.32. The van der Waals surface area contributed by atoms with Crippen molar-refractivity contribution >= 4 is 5.91 Å². The Balaban J connectivity index is 1.64. The second kappa shape index (κ2) is 6.49. The highest BCUT2D eigenvalue weighted by atomic mass is 16.5. The van der Waals surface area contributed by atoms with E-state index in [-0.39, 0.29) is 11.6 Å². The van der Waals surface area contributed by atoms with Crippen molar-refractivity contribution < 1.29 is 9.32 Å². The number of primary amides is 1. The maximum atomic E-state index is 11.2. The third-order valence-electron chi connectivity index (χ3n) is 4.15. The van der Waals surface area contributed by atoms with E-state index in [9.17, 15) is 4.79 Å². The van der Waals surface area contributed by atoms with Gasteiger partial charge in [0.15, 0.2) is 5.82 Å². The molecule has 1 fully saturated rings. The van der Waals surface area contributed by atoms with Crippen molar-refractivity contribution in [2.45, 2.75) is 45.1 Å². The van der Waals surface area contributed by atoms with Gasteiger partial charge in [-0.25, -0.2) is 0 Å². The van der Waals surface area contributed by atoms with Crippen LogP contribution in [-0.2, 0) is 6.54 Å². The van der Waals surface area contributed by atoms with Crippen LogP contribution in [-0.4, -0.2) is 44.2 Å². The summed E-state index contributed by atoms with van der Waals surface area (Å²) in [5, 5.41) is 10.9. The number of hydrogen-bond donors (Lipinski definition) is 2. The summed E-state index contributed by atoms with van der Waals surface area (Å²) in [6.45, 7) is 6.58. The van der Waals surface area contributed by atoms with Crippen LogP contribution in [0.3, 0.4) is 0 Å². The number of nitrogens with zero attached hydrogens (tertiary/aromatic N) is 4. The number of carbonyl (C=O) groups excluding carboxylic acids is 1. The van der Waals surface area contributed by atoms with E-state index in [1.54, 1.807) is 6.07 Å². The monoisotopic (exact) mass is 318 g/mol. The summed E-state index contributed by atoms with van der Waals surface area (Å²) in [5.41, 5.74) is 6.50. The third-order valence-corrected chi connectivity index (χ3v) is 4.15. The normalized spacial score (nSPS) is 19.3. The van der Waals surface area contributed by atoms with Crippen molar-refractivity contribution in [1.82, 2.24) is 25.2 Å². The predicted octanol–water partition coefficient (Wildman–Crippen LogP) is 1.39. The molecule has 3 rings (SSSR count). The fourth-order valence-electron chi connectivity index (χ4n) is 2.88. The lowest BCUT2D eigenvalue weighted by atomic mass is 9.94. The lowest BCUT2D eigenvalue weighted by Crippen LogP contribution is -2.34. The minimum absolute atomic E-state index is 0.263. The van der Waals surface area contributed by atoms with E-state index in [4.69, 9.17) is 10.3 Å². The number of likely N-dealkylation sites (tertiary alicyclic amines) is 1. The lowest BCUT2D eigenvalue weighted by Gasteiger charge is -2.30. The van der Waals surface area contributed by atoms with E-state index in [0.29, 0.717) is 18.4 Å². The minimum atomic E-state index is -0.507. The van der Waals surface area contributed by atoms with Crippen molar-refractivity contribution in [2.24, 2.45) is 5.73 Å². The molecule has 0 radical (unpaired) electrons. The van der Waals surface area contributed by atoms with Crippen molar-refractivity contribution in [3.8, 4) is 0 Å². The van der Waals surface area contributed by atoms with Gasteiger partial charge < -0.3 is 10.3 Å². The van der Waals surface area contributed by atoms with Crippen molar-refractivity contribution in [3.05, 3.63) is 29.2 Å². The third kappa shape index (κ3) is 3.58. The fraction of sp³-hybridized carbons (Fsp3) is 0.600. The molecule has 1 amide bonds. The van der Waals surface area contributed by atoms with Gasteiger partial charge in [0.2, 0.25) is 5.89 Å². The number of rotatable bonds is 5. The predicted molar refractivity (Wildman–Crippen MR) is 82.7 cm³/mol. The molecular formula is C15H22N6O2. The molecule has 8 heteroatoms. The summed E-state index contributed by atoms with van der Waals surface area (Å²) >= 11 is 0. The number of hydrogen-bond acceptors (Lipinski definition) is 6. The van der Waals surface area contributed by atoms with Crippen LogP contribution in [0.1, 0.15) is 66.4 Å². The van der Waals surface area contributed by atoms with Crippen LogP contribution in [0.5, 0.6) is 0 Å². The standard InChI is InChI=1S/C15H22N6O2/c1-9(2)15-17-13(23-20-15)8-21-5-3-4-10(7-21)11-6-12(14(16)22)19-18-11/h6,9-10H,3-5,7-8H2,1-2H3,(H2,16,22)(H,18,19)/t10-/m1/s1. The molecule has 0 bridgehead atoms. The molecule has 1 saturated heterocycles. The van der Waals surface area contributed by atoms with Crippen LogP contribution in [0.2, 0.25) is 0 Å². The van der Waals surface area contributed by atoms with Gasteiger partial charge in [0, 0.05) is 24.1 Å². The summed E-state index contributed by atoms with van der Waals surface area (Å²) in [4.78, 5) is 17.9. The molecule has 1 atom stereocenters. The Kier molecular flexibility index (Phi) is 4.42. The fourth-order valence-corrected chi connectivity index (χ4v) is 2.88. The summed E-state index contributed by atoms with van der Waals surface area (Å²) in [6, 6.07) is 1.75. The second-order valence-corrected chi connectivity index (χ2v) is 6.35. The van der Waals surface area contributed by atoms with Crippen LogP contribution in [0.25, 0.3) is 0 Å². The van der Waals surface area contributed by atoms with Gasteiger partial charge in [-0.2, -0.15) is 10.1 Å². The maximum Gasteiger partial charge on any atom is 0.269 e. The van der Waals surface area contributed by atoms with Crippen molar-refractivity contribution in [2.75, 3.05) is 13.1 Å². The Morgan fingerprint density at radius 1 is 1.57 bits per heavy atom. The van der Waals surface area contributed by atoms with Crippen LogP contribution < -0.4 is 5.73 Å². The Hall–Kier alpha value is -2.22. The molecule has 2 aromatic rings. The van der Waals surface area contributed by atoms with Gasteiger partial charge in [-0.05, 0) is 25.5 Å². The maximum absolute atomic E-state index is 11.2. The highest BCUT2D eigenvalue weighted by molar-refractivity contribution is 5.90. The quantitative estimate of drug-likeness (QED) is 0.861. The van der Waals surface area contributed by atoms with Crippen molar-refractivity contribution in [3.63, 3.8) is 0 Å². The lowest BCUT2D eigenvalue weighted by molar-refractivity contribution is 0.0995. The summed E-state index contributed by atoms with van der Waals surface area (Å²) in [6.07, 6.45) is 2.12. The molecule has 0 spiro atoms. The number of H-pyrrole nitrogens is 1. The minimum Gasteiger partial charge on any atom is -0.364 e. The number of aromatic amines is 1. The number of carbonyl (C=O) groups is 1. The summed E-state index contributed by atoms with van der Waals surface area (Å²) in [7, 11) is 0. The van der Waals surface area contributed by atoms with E-state index in [1.807, 2.05) is 13.8 Å². The highest BCUT2D eigenvalue weighted by Crippen LogP contribution is 2.26. The van der Waals surface area contributed by atoms with E-state index in [0.717, 1.165) is 37.4 Å². The molecular weight excluding hydrogens is 296 g/mol. The average Bonchev–Trinajstić information content (AvgIpc) is 3.16. The topological polar surface area (TPSA) is 114 Å². The second-order valence-electron chi connectivity index (χ2n) is 6.35. The van der Waals surface area contributed by atoms with Gasteiger partial charge in [-0.3, -0.25) is 14.8 Å². The SMILES string of the molecule is CC(C)c1noc(CN2CCC[C@@H](c3cc(C(N)=O)n[nH]3)C2)n1. The molecule has 1 aliphatic heterocycles. The molecule has 0 saturated carbocycles. The molecule has 0 unspecified atom stereocenters. The van der Waals surface area contributed by atoms with Gasteiger partial charge in [-0.15, -0.1) is 0 Å². The molecule has 1 aliphatic rings. The Morgan fingerprint density at radius 3 is 3.04 bits per heavy atom. The molecule has 8 nitrogen and oxygen atoms in total. The molecule has 0 aliphatic carbocycles. The van der Waals surface area contributed by atoms with Crippen molar-refractivity contribution in [1.29, 1.82) is 0 Å². The van der Waals surface area contributed by atoms with E-state index in [2.05, 4.69) is 25.2 Å². The number of nitrogens with one attached hydrogen (secondary N) is 1. The van der Waals surface area contributed by atoms with Crippen LogP contribution in [0.15, 0.2) is 10.6 Å². The zero-order chi connectivity index (χ0) is 16.4. The number of amides is 1. The molecule has 3 N–H and O–H groups in total. The van der Waals surface area contributed by atoms with Gasteiger partial charge in [0.05, 0.1) is 6.54 Å². The van der Waals surface area contributed by atoms with Gasteiger partial charge in [-0.1, -0.05) is 19.0 Å². The van der Waals surface area contributed by atoms with Crippen LogP contribution >= 0.6 is 0 Å². The Bertz CT molecular complexity index is 677. The largest absolute Gasteiger partial charge is 0.364 e. The molecule has 3 heterocycles. The first-order chi connectivity index (χ1) is 11.0. The zero-order valence-corrected chi connectivity index (χ0v) is 13.5. The van der Waals surface area contributed by atoms with Gasteiger partial charge in [0.1, 0.15) is 5.69 Å². The van der Waals surface area contributed by atoms with Gasteiger partial charge >= 0.3 is 0 Å². The first-order valence-corrected chi connectivity index (χ1v) is 7.93. The van der Waals surface area contributed by atoms with E-state index >= 15 is 0 Å². The first-order valence-electron chi connectivity index (χ1n) is 7.93. The molecule has 124 valence electrons. The van der Waals surface area contributed by atoms with Crippen LogP contribution in [0, 0.1) is 0 Å². The highest BCUT2D eigenvalue weighted by Gasteiger charge is 2.25. The molecule has 23 heavy (non-hydrogen) atoms. The zero-order valence-electron chi connectivity index (χ0n) is 13.5. The van der Waals surface area contributed by atoms with E-state index < -0.39 is 5.91 Å². The number of aromatic nitrogens is 4. The molecule has 0 aromatic carbocycles.